The lowest BCUT2D eigenvalue weighted by atomic mass is 9.91. The van der Waals surface area contributed by atoms with Crippen molar-refractivity contribution >= 4 is 11.6 Å². The molecule has 0 N–H and O–H groups in total. The van der Waals surface area contributed by atoms with Crippen molar-refractivity contribution in [1.29, 1.82) is 0 Å². The zero-order chi connectivity index (χ0) is 21.1. The number of imidazole rings is 1. The van der Waals surface area contributed by atoms with Gasteiger partial charge in [0.25, 0.3) is 0 Å². The Morgan fingerprint density at radius 3 is 2.63 bits per heavy atom. The molecular weight excluding hydrogens is 376 g/mol. The fourth-order valence-electron chi connectivity index (χ4n) is 4.37. The number of amides is 1. The van der Waals surface area contributed by atoms with E-state index in [0.29, 0.717) is 6.42 Å². The number of carbonyl (C=O) groups is 1. The van der Waals surface area contributed by atoms with Crippen molar-refractivity contribution in [3.05, 3.63) is 65.6 Å². The molecule has 1 atom stereocenters. The molecule has 0 saturated carbocycles. The van der Waals surface area contributed by atoms with Gasteiger partial charge in [-0.15, -0.1) is 0 Å². The lowest BCUT2D eigenvalue weighted by molar-refractivity contribution is -0.133. The number of para-hydroxylation sites is 1. The number of carbonyl (C=O) groups excluding carboxylic acids is 1. The van der Waals surface area contributed by atoms with E-state index in [9.17, 15) is 4.79 Å². The molecule has 0 radical (unpaired) electrons. The van der Waals surface area contributed by atoms with Gasteiger partial charge in [-0.1, -0.05) is 31.2 Å². The van der Waals surface area contributed by atoms with E-state index in [4.69, 9.17) is 4.74 Å². The summed E-state index contributed by atoms with van der Waals surface area (Å²) in [7, 11) is 1.68. The van der Waals surface area contributed by atoms with E-state index in [1.807, 2.05) is 41.6 Å². The van der Waals surface area contributed by atoms with Crippen LogP contribution in [0, 0.1) is 6.92 Å². The van der Waals surface area contributed by atoms with Crippen molar-refractivity contribution in [1.82, 2.24) is 19.2 Å². The van der Waals surface area contributed by atoms with E-state index >= 15 is 0 Å². The molecule has 0 aliphatic carbocycles. The van der Waals surface area contributed by atoms with Gasteiger partial charge in [0.1, 0.15) is 11.4 Å². The van der Waals surface area contributed by atoms with Crippen LogP contribution in [-0.2, 0) is 4.79 Å². The van der Waals surface area contributed by atoms with E-state index in [0.717, 1.165) is 60.9 Å². The van der Waals surface area contributed by atoms with Crippen LogP contribution in [0.15, 0.2) is 48.8 Å². The maximum atomic E-state index is 13.3. The molecule has 1 aliphatic heterocycles. The fourth-order valence-corrected chi connectivity index (χ4v) is 4.37. The minimum Gasteiger partial charge on any atom is -0.496 e. The zero-order valence-electron chi connectivity index (χ0n) is 18.0. The molecule has 1 saturated heterocycles. The average Bonchev–Trinajstić information content (AvgIpc) is 3.22. The van der Waals surface area contributed by atoms with Gasteiger partial charge >= 0.3 is 0 Å². The molecule has 6 heteroatoms. The normalized spacial score (nSPS) is 16.0. The van der Waals surface area contributed by atoms with Crippen molar-refractivity contribution in [3.8, 4) is 5.75 Å². The number of nitrogens with zero attached hydrogens (tertiary/aromatic N) is 4. The number of likely N-dealkylation sites (N-methyl/N-ethyl adjacent to an activating group) is 1. The highest BCUT2D eigenvalue weighted by atomic mass is 16.5. The van der Waals surface area contributed by atoms with Crippen LogP contribution in [0.4, 0.5) is 0 Å². The van der Waals surface area contributed by atoms with Crippen LogP contribution in [0.25, 0.3) is 5.65 Å². The van der Waals surface area contributed by atoms with Gasteiger partial charge in [0.15, 0.2) is 0 Å². The SMILES string of the molecule is CCN1CCN(C(=O)CC(c2ccccc2OC)c2cnc3c(C)cccn23)CC1. The number of fused-ring (bicyclic) bond motifs is 1. The lowest BCUT2D eigenvalue weighted by Crippen LogP contribution is -2.48. The number of aromatic nitrogens is 2. The Labute approximate surface area is 178 Å². The lowest BCUT2D eigenvalue weighted by Gasteiger charge is -2.35. The number of aryl methyl sites for hydroxylation is 1. The number of rotatable bonds is 6. The molecule has 1 fully saturated rings. The number of piperazine rings is 1. The van der Waals surface area contributed by atoms with E-state index in [1.54, 1.807) is 7.11 Å². The van der Waals surface area contributed by atoms with Crippen LogP contribution in [0.2, 0.25) is 0 Å². The Balaban J connectivity index is 1.69. The van der Waals surface area contributed by atoms with Crippen molar-refractivity contribution in [2.24, 2.45) is 0 Å². The number of hydrogen-bond donors (Lipinski definition) is 0. The standard InChI is InChI=1S/C24H30N4O2/c1-4-26-12-14-27(15-13-26)23(29)16-20(19-9-5-6-10-22(19)30-3)21-17-25-24-18(2)8-7-11-28(21)24/h5-11,17,20H,4,12-16H2,1-3H3. The van der Waals surface area contributed by atoms with Gasteiger partial charge in [0.2, 0.25) is 5.91 Å². The maximum Gasteiger partial charge on any atom is 0.223 e. The van der Waals surface area contributed by atoms with Crippen molar-refractivity contribution < 1.29 is 9.53 Å². The monoisotopic (exact) mass is 406 g/mol. The summed E-state index contributed by atoms with van der Waals surface area (Å²) in [6, 6.07) is 12.1. The molecule has 1 unspecified atom stereocenters. The number of pyridine rings is 1. The largest absolute Gasteiger partial charge is 0.496 e. The van der Waals surface area contributed by atoms with E-state index in [2.05, 4.69) is 40.3 Å². The third-order valence-corrected chi connectivity index (χ3v) is 6.18. The molecule has 6 nitrogen and oxygen atoms in total. The Morgan fingerprint density at radius 1 is 1.13 bits per heavy atom. The van der Waals surface area contributed by atoms with Crippen LogP contribution < -0.4 is 4.74 Å². The summed E-state index contributed by atoms with van der Waals surface area (Å²) in [4.78, 5) is 22.3. The number of hydrogen-bond acceptors (Lipinski definition) is 4. The van der Waals surface area contributed by atoms with Gasteiger partial charge in [0, 0.05) is 56.5 Å². The molecular formula is C24H30N4O2. The first-order valence-electron chi connectivity index (χ1n) is 10.7. The summed E-state index contributed by atoms with van der Waals surface area (Å²) in [6.07, 6.45) is 4.33. The third-order valence-electron chi connectivity index (χ3n) is 6.18. The Bertz CT molecular complexity index is 1020. The molecule has 3 heterocycles. The number of ether oxygens (including phenoxy) is 1. The van der Waals surface area contributed by atoms with E-state index < -0.39 is 0 Å². The van der Waals surface area contributed by atoms with Crippen LogP contribution in [0.1, 0.15) is 36.1 Å². The molecule has 0 bridgehead atoms. The molecule has 2 aromatic heterocycles. The molecule has 0 spiro atoms. The van der Waals surface area contributed by atoms with Crippen molar-refractivity contribution in [2.45, 2.75) is 26.2 Å². The number of methoxy groups -OCH3 is 1. The zero-order valence-corrected chi connectivity index (χ0v) is 18.0. The van der Waals surface area contributed by atoms with Gasteiger partial charge in [0.05, 0.1) is 12.8 Å². The highest BCUT2D eigenvalue weighted by molar-refractivity contribution is 5.78. The Morgan fingerprint density at radius 2 is 1.90 bits per heavy atom. The quantitative estimate of drug-likeness (QED) is 0.630. The van der Waals surface area contributed by atoms with E-state index in [1.165, 1.54) is 0 Å². The van der Waals surface area contributed by atoms with E-state index in [-0.39, 0.29) is 11.8 Å². The summed E-state index contributed by atoms with van der Waals surface area (Å²) < 4.78 is 7.76. The van der Waals surface area contributed by atoms with Gasteiger partial charge in [-0.25, -0.2) is 4.98 Å². The molecule has 1 aliphatic rings. The second-order valence-electron chi connectivity index (χ2n) is 7.88. The average molecular weight is 407 g/mol. The summed E-state index contributed by atoms with van der Waals surface area (Å²) >= 11 is 0. The molecule has 158 valence electrons. The second-order valence-corrected chi connectivity index (χ2v) is 7.88. The molecule has 30 heavy (non-hydrogen) atoms. The van der Waals surface area contributed by atoms with Gasteiger partial charge in [-0.3, -0.25) is 4.79 Å². The van der Waals surface area contributed by atoms with Gasteiger partial charge < -0.3 is 18.9 Å². The van der Waals surface area contributed by atoms with Crippen LogP contribution in [0.3, 0.4) is 0 Å². The van der Waals surface area contributed by atoms with Crippen LogP contribution >= 0.6 is 0 Å². The highest BCUT2D eigenvalue weighted by Crippen LogP contribution is 2.35. The molecule has 4 rings (SSSR count). The predicted molar refractivity (Wildman–Crippen MR) is 118 cm³/mol. The first kappa shape index (κ1) is 20.4. The van der Waals surface area contributed by atoms with Gasteiger partial charge in [-0.05, 0) is 31.2 Å². The van der Waals surface area contributed by atoms with Crippen molar-refractivity contribution in [3.63, 3.8) is 0 Å². The minimum atomic E-state index is -0.130. The summed E-state index contributed by atoms with van der Waals surface area (Å²) in [6.45, 7) is 8.72. The minimum absolute atomic E-state index is 0.130. The molecule has 1 amide bonds. The Kier molecular flexibility index (Phi) is 6.04. The molecule has 3 aromatic rings. The second kappa shape index (κ2) is 8.88. The summed E-state index contributed by atoms with van der Waals surface area (Å²) in [5.41, 5.74) is 4.07. The summed E-state index contributed by atoms with van der Waals surface area (Å²) in [5.74, 6) is 0.854. The van der Waals surface area contributed by atoms with Crippen LogP contribution in [-0.4, -0.2) is 64.9 Å². The van der Waals surface area contributed by atoms with Crippen molar-refractivity contribution in [2.75, 3.05) is 39.8 Å². The van der Waals surface area contributed by atoms with Gasteiger partial charge in [-0.2, -0.15) is 0 Å². The van der Waals surface area contributed by atoms with Crippen LogP contribution in [0.5, 0.6) is 5.75 Å². The Hall–Kier alpha value is -2.86. The first-order valence-corrected chi connectivity index (χ1v) is 10.7. The third kappa shape index (κ3) is 3.92. The topological polar surface area (TPSA) is 50.1 Å². The molecule has 1 aromatic carbocycles. The maximum absolute atomic E-state index is 13.3. The predicted octanol–water partition coefficient (Wildman–Crippen LogP) is 3.34. The summed E-state index contributed by atoms with van der Waals surface area (Å²) in [5, 5.41) is 0. The smallest absolute Gasteiger partial charge is 0.223 e. The number of benzene rings is 1. The first-order chi connectivity index (χ1) is 14.6. The fraction of sp³-hybridized carbons (Fsp3) is 0.417. The highest BCUT2D eigenvalue weighted by Gasteiger charge is 2.28.